The highest BCUT2D eigenvalue weighted by molar-refractivity contribution is 5.89. The Labute approximate surface area is 101 Å². The maximum absolute atomic E-state index is 11.2. The lowest BCUT2D eigenvalue weighted by molar-refractivity contribution is 0.0600. The third-order valence-electron chi connectivity index (χ3n) is 2.61. The zero-order valence-corrected chi connectivity index (χ0v) is 9.73. The van der Waals surface area contributed by atoms with Crippen molar-refractivity contribution < 1.29 is 14.3 Å². The van der Waals surface area contributed by atoms with E-state index in [2.05, 4.69) is 16.6 Å². The summed E-state index contributed by atoms with van der Waals surface area (Å²) in [4.78, 5) is 11.2. The standard InChI is InChI=1S/C14H14O3/c1-16-14(15)12-7-4-11(5-8-12)6-9-13-3-2-10-17-13/h4-5,7-8,13H,2-3,10H2,1H3. The molecule has 0 amide bonds. The molecule has 1 heterocycles. The largest absolute Gasteiger partial charge is 0.465 e. The summed E-state index contributed by atoms with van der Waals surface area (Å²) in [5.41, 5.74) is 1.42. The van der Waals surface area contributed by atoms with Crippen molar-refractivity contribution in [3.8, 4) is 11.8 Å². The molecule has 0 aromatic heterocycles. The van der Waals surface area contributed by atoms with E-state index >= 15 is 0 Å². The van der Waals surface area contributed by atoms with E-state index in [0.29, 0.717) is 5.56 Å². The summed E-state index contributed by atoms with van der Waals surface area (Å²) in [5, 5.41) is 0. The number of rotatable bonds is 1. The minimum absolute atomic E-state index is 0.0651. The number of carbonyl (C=O) groups is 1. The van der Waals surface area contributed by atoms with Crippen molar-refractivity contribution in [3.63, 3.8) is 0 Å². The van der Waals surface area contributed by atoms with E-state index in [1.54, 1.807) is 12.1 Å². The molecule has 1 unspecified atom stereocenters. The first-order valence-electron chi connectivity index (χ1n) is 5.61. The summed E-state index contributed by atoms with van der Waals surface area (Å²) < 4.78 is 10.0. The Morgan fingerprint density at radius 3 is 2.76 bits per heavy atom. The van der Waals surface area contributed by atoms with Gasteiger partial charge >= 0.3 is 5.97 Å². The van der Waals surface area contributed by atoms with E-state index in [0.717, 1.165) is 25.0 Å². The Morgan fingerprint density at radius 2 is 2.18 bits per heavy atom. The van der Waals surface area contributed by atoms with Crippen molar-refractivity contribution in [2.75, 3.05) is 13.7 Å². The molecule has 0 radical (unpaired) electrons. The van der Waals surface area contributed by atoms with E-state index in [9.17, 15) is 4.79 Å². The summed E-state index contributed by atoms with van der Waals surface area (Å²) >= 11 is 0. The monoisotopic (exact) mass is 230 g/mol. The average molecular weight is 230 g/mol. The second-order valence-corrected chi connectivity index (χ2v) is 3.84. The normalized spacial score (nSPS) is 18.3. The van der Waals surface area contributed by atoms with Crippen LogP contribution in [-0.2, 0) is 9.47 Å². The van der Waals surface area contributed by atoms with Gasteiger partial charge in [-0.3, -0.25) is 0 Å². The molecular formula is C14H14O3. The summed E-state index contributed by atoms with van der Waals surface area (Å²) in [7, 11) is 1.37. The van der Waals surface area contributed by atoms with Crippen LogP contribution in [-0.4, -0.2) is 25.8 Å². The average Bonchev–Trinajstić information content (AvgIpc) is 2.89. The molecule has 0 spiro atoms. The molecule has 3 heteroatoms. The fraction of sp³-hybridized carbons (Fsp3) is 0.357. The molecule has 0 N–H and O–H groups in total. The van der Waals surface area contributed by atoms with Gasteiger partial charge in [0.1, 0.15) is 6.10 Å². The molecule has 3 nitrogen and oxygen atoms in total. The van der Waals surface area contributed by atoms with Crippen LogP contribution >= 0.6 is 0 Å². The number of carbonyl (C=O) groups excluding carboxylic acids is 1. The van der Waals surface area contributed by atoms with Crippen LogP contribution in [0.25, 0.3) is 0 Å². The Bertz CT molecular complexity index is 445. The van der Waals surface area contributed by atoms with Crippen LogP contribution < -0.4 is 0 Å². The van der Waals surface area contributed by atoms with Crippen LogP contribution in [0.5, 0.6) is 0 Å². The van der Waals surface area contributed by atoms with Crippen LogP contribution in [0.15, 0.2) is 24.3 Å². The van der Waals surface area contributed by atoms with E-state index < -0.39 is 0 Å². The Kier molecular flexibility index (Phi) is 3.79. The quantitative estimate of drug-likeness (QED) is 0.547. The Hall–Kier alpha value is -1.79. The van der Waals surface area contributed by atoms with Gasteiger partial charge in [-0.2, -0.15) is 0 Å². The minimum atomic E-state index is -0.330. The molecule has 0 saturated carbocycles. The SMILES string of the molecule is COC(=O)c1ccc(C#CC2CCCO2)cc1. The predicted octanol–water partition coefficient (Wildman–Crippen LogP) is 2.00. The van der Waals surface area contributed by atoms with Crippen molar-refractivity contribution in [1.29, 1.82) is 0 Å². The van der Waals surface area contributed by atoms with Crippen molar-refractivity contribution in [2.45, 2.75) is 18.9 Å². The molecule has 1 aliphatic rings. The lowest BCUT2D eigenvalue weighted by Gasteiger charge is -1.99. The molecule has 88 valence electrons. The van der Waals surface area contributed by atoms with Crippen LogP contribution in [0.2, 0.25) is 0 Å². The predicted molar refractivity (Wildman–Crippen MR) is 63.6 cm³/mol. The number of methoxy groups -OCH3 is 1. The zero-order chi connectivity index (χ0) is 12.1. The van der Waals surface area contributed by atoms with Gasteiger partial charge in [0.15, 0.2) is 0 Å². The lowest BCUT2D eigenvalue weighted by atomic mass is 10.1. The molecule has 0 bridgehead atoms. The van der Waals surface area contributed by atoms with Crippen molar-refractivity contribution in [1.82, 2.24) is 0 Å². The van der Waals surface area contributed by atoms with E-state index in [-0.39, 0.29) is 12.1 Å². The molecule has 1 aliphatic heterocycles. The highest BCUT2D eigenvalue weighted by atomic mass is 16.5. The zero-order valence-electron chi connectivity index (χ0n) is 9.73. The molecule has 1 saturated heterocycles. The highest BCUT2D eigenvalue weighted by Gasteiger charge is 2.11. The second kappa shape index (κ2) is 5.51. The molecule has 1 aromatic rings. The van der Waals surface area contributed by atoms with E-state index in [4.69, 9.17) is 4.74 Å². The first kappa shape index (κ1) is 11.7. The van der Waals surface area contributed by atoms with Gasteiger partial charge in [0.25, 0.3) is 0 Å². The number of esters is 1. The maximum Gasteiger partial charge on any atom is 0.337 e. The summed E-state index contributed by atoms with van der Waals surface area (Å²) in [6.07, 6.45) is 2.16. The minimum Gasteiger partial charge on any atom is -0.465 e. The Balaban J connectivity index is 2.04. The van der Waals surface area contributed by atoms with Gasteiger partial charge in [0.05, 0.1) is 12.7 Å². The van der Waals surface area contributed by atoms with Gasteiger partial charge in [-0.1, -0.05) is 11.8 Å². The second-order valence-electron chi connectivity index (χ2n) is 3.84. The van der Waals surface area contributed by atoms with Gasteiger partial charge in [-0.05, 0) is 37.1 Å². The van der Waals surface area contributed by atoms with Gasteiger partial charge in [-0.15, -0.1) is 0 Å². The number of hydrogen-bond donors (Lipinski definition) is 0. The van der Waals surface area contributed by atoms with Crippen LogP contribution in [0, 0.1) is 11.8 Å². The van der Waals surface area contributed by atoms with Crippen molar-refractivity contribution >= 4 is 5.97 Å². The molecule has 2 rings (SSSR count). The van der Waals surface area contributed by atoms with Crippen molar-refractivity contribution in [3.05, 3.63) is 35.4 Å². The Morgan fingerprint density at radius 1 is 1.41 bits per heavy atom. The molecular weight excluding hydrogens is 216 g/mol. The highest BCUT2D eigenvalue weighted by Crippen LogP contribution is 2.11. The lowest BCUT2D eigenvalue weighted by Crippen LogP contribution is -2.01. The number of ether oxygens (including phenoxy) is 2. The van der Waals surface area contributed by atoms with Crippen LogP contribution in [0.3, 0.4) is 0 Å². The summed E-state index contributed by atoms with van der Waals surface area (Å²) in [6, 6.07) is 7.05. The van der Waals surface area contributed by atoms with Crippen LogP contribution in [0.1, 0.15) is 28.8 Å². The smallest absolute Gasteiger partial charge is 0.337 e. The fourth-order valence-electron chi connectivity index (χ4n) is 1.66. The van der Waals surface area contributed by atoms with Gasteiger partial charge in [-0.25, -0.2) is 4.79 Å². The molecule has 1 aromatic carbocycles. The molecule has 0 aliphatic carbocycles. The third kappa shape index (κ3) is 3.08. The summed E-state index contributed by atoms with van der Waals surface area (Å²) in [6.45, 7) is 0.806. The van der Waals surface area contributed by atoms with Gasteiger partial charge in [0.2, 0.25) is 0 Å². The van der Waals surface area contributed by atoms with Gasteiger partial charge in [0, 0.05) is 12.2 Å². The van der Waals surface area contributed by atoms with E-state index in [1.165, 1.54) is 7.11 Å². The molecule has 1 fully saturated rings. The van der Waals surface area contributed by atoms with Crippen LogP contribution in [0.4, 0.5) is 0 Å². The molecule has 17 heavy (non-hydrogen) atoms. The van der Waals surface area contributed by atoms with Gasteiger partial charge < -0.3 is 9.47 Å². The van der Waals surface area contributed by atoms with Crippen molar-refractivity contribution in [2.24, 2.45) is 0 Å². The number of hydrogen-bond acceptors (Lipinski definition) is 3. The molecule has 1 atom stereocenters. The maximum atomic E-state index is 11.2. The fourth-order valence-corrected chi connectivity index (χ4v) is 1.66. The number of benzene rings is 1. The van der Waals surface area contributed by atoms with E-state index in [1.807, 2.05) is 12.1 Å². The first-order valence-corrected chi connectivity index (χ1v) is 5.61. The topological polar surface area (TPSA) is 35.5 Å². The summed E-state index contributed by atoms with van der Waals surface area (Å²) in [5.74, 6) is 5.79. The third-order valence-corrected chi connectivity index (χ3v) is 2.61. The first-order chi connectivity index (χ1) is 8.29.